The molecule has 0 saturated carbocycles. The van der Waals surface area contributed by atoms with E-state index in [1.165, 1.54) is 71.0 Å². The first-order valence-electron chi connectivity index (χ1n) is 22.1. The van der Waals surface area contributed by atoms with Gasteiger partial charge in [-0.2, -0.15) is 0 Å². The Bertz CT molecular complexity index is 3110. The van der Waals surface area contributed by atoms with Crippen LogP contribution in [0.2, 0.25) is 0 Å². The lowest BCUT2D eigenvalue weighted by Crippen LogP contribution is -2.78. The highest BCUT2D eigenvalue weighted by Gasteiger charge is 2.51. The van der Waals surface area contributed by atoms with Crippen LogP contribution in [0.15, 0.2) is 300 Å². The minimum Gasteiger partial charge on any atom is -0.311 e. The van der Waals surface area contributed by atoms with Gasteiger partial charge in [-0.25, -0.2) is 0 Å². The van der Waals surface area contributed by atoms with Gasteiger partial charge in [0.25, 0.3) is 0 Å². The minimum absolute atomic E-state index is 1.11. The molecule has 2 heterocycles. The first-order chi connectivity index (χ1) is 32.2. The van der Waals surface area contributed by atoms with Crippen LogP contribution < -0.4 is 25.6 Å². The van der Waals surface area contributed by atoms with Crippen molar-refractivity contribution in [2.75, 3.05) is 4.90 Å². The highest BCUT2D eigenvalue weighted by Crippen LogP contribution is 2.73. The Morgan fingerprint density at radius 2 is 0.615 bits per heavy atom. The summed E-state index contributed by atoms with van der Waals surface area (Å²) in [6, 6.07) is 97.6. The molecule has 10 aromatic rings. The molecule has 65 heavy (non-hydrogen) atoms. The van der Waals surface area contributed by atoms with E-state index in [4.69, 9.17) is 0 Å². The lowest BCUT2D eigenvalue weighted by Gasteiger charge is -2.44. The van der Waals surface area contributed by atoms with Crippen LogP contribution in [-0.2, 0) is 0 Å². The van der Waals surface area contributed by atoms with Gasteiger partial charge in [-0.3, -0.25) is 0 Å². The second-order valence-electron chi connectivity index (χ2n) is 16.4. The molecule has 12 rings (SSSR count). The second kappa shape index (κ2) is 16.7. The number of nitrogens with zero attached hydrogens (tertiary/aromatic N) is 1. The van der Waals surface area contributed by atoms with Gasteiger partial charge in [-0.05, 0) is 141 Å². The van der Waals surface area contributed by atoms with Gasteiger partial charge in [0, 0.05) is 56.2 Å². The van der Waals surface area contributed by atoms with E-state index in [1.54, 1.807) is 0 Å². The molecule has 0 aromatic heterocycles. The number of fused-ring (bicyclic) bond motifs is 8. The molecule has 0 atom stereocenters. The van der Waals surface area contributed by atoms with Crippen molar-refractivity contribution in [3.05, 3.63) is 261 Å². The Labute approximate surface area is 392 Å². The molecule has 1 spiro atoms. The second-order valence-corrected chi connectivity index (χ2v) is 25.3. The Hall–Kier alpha value is -6.73. The number of benzene rings is 10. The van der Waals surface area contributed by atoms with Gasteiger partial charge in [0.05, 0.1) is 0 Å². The van der Waals surface area contributed by atoms with Crippen LogP contribution in [0.1, 0.15) is 0 Å². The van der Waals surface area contributed by atoms with Crippen LogP contribution in [0.25, 0.3) is 11.1 Å². The monoisotopic (exact) mass is 901 g/mol. The molecule has 10 aromatic carbocycles. The van der Waals surface area contributed by atoms with E-state index in [9.17, 15) is 0 Å². The smallest absolute Gasteiger partial charge is 0.184 e. The zero-order chi connectivity index (χ0) is 43.2. The van der Waals surface area contributed by atoms with Crippen LogP contribution in [0, 0.1) is 0 Å². The summed E-state index contributed by atoms with van der Waals surface area (Å²) < 4.78 is 0. The molecule has 0 radical (unpaired) electrons. The van der Waals surface area contributed by atoms with Crippen LogP contribution >= 0.6 is 33.6 Å². The van der Waals surface area contributed by atoms with E-state index in [0.29, 0.717) is 0 Å². The van der Waals surface area contributed by atoms with Crippen molar-refractivity contribution in [3.63, 3.8) is 0 Å². The summed E-state index contributed by atoms with van der Waals surface area (Å²) >= 11 is 3.84. The Balaban J connectivity index is 1.08. The summed E-state index contributed by atoms with van der Waals surface area (Å²) in [6.45, 7) is 0. The third-order valence-corrected chi connectivity index (χ3v) is 24.8. The summed E-state index contributed by atoms with van der Waals surface area (Å²) in [5, 5.41) is 5.86. The standard InChI is InChI=1S/C60H43NS3Si/c1-5-19-44(20-6-1)45-33-35-46(36-34-45)61(47-37-40-52(41-38-47)64(49-21-7-2-8-22-49,50-23-9-3-10-24-50)51-25-11-4-12-26-51)48-39-42-56-60(43-48)65(59-32-18-15-29-55(59)63-56)57-30-16-13-27-53(57)62-54-28-14-17-31-58(54)65/h1-43H. The highest BCUT2D eigenvalue weighted by molar-refractivity contribution is 8.34. The van der Waals surface area contributed by atoms with Crippen LogP contribution in [0.4, 0.5) is 17.1 Å². The minimum atomic E-state index is -2.80. The number of hydrogen-bond donors (Lipinski definition) is 0. The lowest BCUT2D eigenvalue weighted by molar-refractivity contribution is 1.22. The first kappa shape index (κ1) is 39.8. The molecule has 0 unspecified atom stereocenters. The third kappa shape index (κ3) is 6.56. The molecule has 0 aliphatic carbocycles. The maximum atomic E-state index is 2.56. The van der Waals surface area contributed by atoms with Gasteiger partial charge in [0.1, 0.15) is 0 Å². The van der Waals surface area contributed by atoms with E-state index in [2.05, 4.69) is 266 Å². The van der Waals surface area contributed by atoms with Crippen molar-refractivity contribution < 1.29 is 0 Å². The molecule has 0 bridgehead atoms. The molecular weight excluding hydrogens is 859 g/mol. The Kier molecular flexibility index (Phi) is 10.2. The van der Waals surface area contributed by atoms with E-state index in [1.807, 2.05) is 23.5 Å². The van der Waals surface area contributed by atoms with Gasteiger partial charge in [-0.15, -0.1) is 10.0 Å². The van der Waals surface area contributed by atoms with E-state index in [-0.39, 0.29) is 0 Å². The molecule has 0 amide bonds. The maximum absolute atomic E-state index is 2.80. The predicted octanol–water partition coefficient (Wildman–Crippen LogP) is 14.5. The van der Waals surface area contributed by atoms with Crippen molar-refractivity contribution in [2.45, 2.75) is 39.2 Å². The zero-order valence-corrected chi connectivity index (χ0v) is 38.9. The molecule has 310 valence electrons. The highest BCUT2D eigenvalue weighted by atomic mass is 32.3. The molecule has 2 aliphatic heterocycles. The summed E-state index contributed by atoms with van der Waals surface area (Å²) in [5.41, 5.74) is 5.79. The van der Waals surface area contributed by atoms with E-state index >= 15 is 0 Å². The number of hydrogen-bond acceptors (Lipinski definition) is 3. The maximum Gasteiger partial charge on any atom is 0.184 e. The fourth-order valence-electron chi connectivity index (χ4n) is 10.1. The summed E-state index contributed by atoms with van der Waals surface area (Å²) in [5.74, 6) is 0. The largest absolute Gasteiger partial charge is 0.311 e. The fraction of sp³-hybridized carbons (Fsp3) is 0. The number of rotatable bonds is 8. The van der Waals surface area contributed by atoms with Gasteiger partial charge in [0.2, 0.25) is 0 Å². The number of anilines is 3. The van der Waals surface area contributed by atoms with Crippen LogP contribution in [0.3, 0.4) is 0 Å². The molecule has 0 N–H and O–H groups in total. The normalized spacial score (nSPS) is 13.5. The SMILES string of the molecule is c1ccc(-c2ccc(N(c3ccc(S(c4ccccc4)(c4ccccc4)c4ccccc4)cc3)c3ccc4c(c3)[Si]3(c5ccccc5Sc5ccccc53)c3ccccc3S4)cc2)cc1. The van der Waals surface area contributed by atoms with E-state index < -0.39 is 18.1 Å². The first-order valence-corrected chi connectivity index (χ1v) is 27.3. The van der Waals surface area contributed by atoms with Gasteiger partial charge >= 0.3 is 0 Å². The van der Waals surface area contributed by atoms with Crippen LogP contribution in [0.5, 0.6) is 0 Å². The third-order valence-electron chi connectivity index (χ3n) is 12.9. The topological polar surface area (TPSA) is 3.24 Å². The summed E-state index contributed by atoms with van der Waals surface area (Å²) in [4.78, 5) is 13.1. The quantitative estimate of drug-likeness (QED) is 0.140. The average molecular weight is 902 g/mol. The lowest BCUT2D eigenvalue weighted by atomic mass is 10.0. The Morgan fingerprint density at radius 1 is 0.277 bits per heavy atom. The van der Waals surface area contributed by atoms with Gasteiger partial charge in [0.15, 0.2) is 8.07 Å². The van der Waals surface area contributed by atoms with Crippen molar-refractivity contribution >= 4 is 79.4 Å². The van der Waals surface area contributed by atoms with Crippen molar-refractivity contribution in [2.24, 2.45) is 0 Å². The van der Waals surface area contributed by atoms with Crippen LogP contribution in [-0.4, -0.2) is 8.07 Å². The van der Waals surface area contributed by atoms with E-state index in [0.717, 1.165) is 17.1 Å². The molecular formula is C60H43NS3Si. The van der Waals surface area contributed by atoms with Crippen molar-refractivity contribution in [1.82, 2.24) is 0 Å². The molecule has 5 heteroatoms. The fourth-order valence-corrected chi connectivity index (χ4v) is 23.1. The predicted molar refractivity (Wildman–Crippen MR) is 278 cm³/mol. The van der Waals surface area contributed by atoms with Gasteiger partial charge in [-0.1, -0.05) is 175 Å². The summed E-state index contributed by atoms with van der Waals surface area (Å²) in [7, 11) is -4.65. The zero-order valence-electron chi connectivity index (χ0n) is 35.5. The Morgan fingerprint density at radius 3 is 1.08 bits per heavy atom. The molecule has 0 saturated heterocycles. The molecule has 2 aliphatic rings. The summed E-state index contributed by atoms with van der Waals surface area (Å²) in [6.07, 6.45) is 0. The molecule has 1 nitrogen and oxygen atoms in total. The van der Waals surface area contributed by atoms with Crippen molar-refractivity contribution in [1.29, 1.82) is 0 Å². The molecule has 0 fully saturated rings. The average Bonchev–Trinajstić information content (AvgIpc) is 3.38. The van der Waals surface area contributed by atoms with Gasteiger partial charge < -0.3 is 4.90 Å². The van der Waals surface area contributed by atoms with Crippen molar-refractivity contribution in [3.8, 4) is 11.1 Å².